The van der Waals surface area contributed by atoms with Crippen molar-refractivity contribution in [3.63, 3.8) is 0 Å². The Balaban J connectivity index is 2.12. The first-order valence-corrected chi connectivity index (χ1v) is 7.37. The molecule has 0 atom stereocenters. The summed E-state index contributed by atoms with van der Waals surface area (Å²) >= 11 is 3.33. The molecule has 20 heavy (non-hydrogen) atoms. The smallest absolute Gasteiger partial charge is 0.137 e. The minimum absolute atomic E-state index is 0.232. The van der Waals surface area contributed by atoms with Crippen LogP contribution in [0.3, 0.4) is 0 Å². The van der Waals surface area contributed by atoms with Crippen LogP contribution in [-0.4, -0.2) is 9.55 Å². The maximum absolute atomic E-state index is 13.6. The number of halogens is 2. The standard InChI is InChI=1S/C16H14BrFN2/c1-2-15-19-13-8-3-4-9-14(13)20(15)10-11-6-5-7-12(18)16(11)17/h3-9H,2,10H2,1H3. The van der Waals surface area contributed by atoms with Crippen LogP contribution in [0, 0.1) is 5.82 Å². The van der Waals surface area contributed by atoms with E-state index in [1.165, 1.54) is 6.07 Å². The van der Waals surface area contributed by atoms with Crippen molar-refractivity contribution in [3.05, 3.63) is 64.1 Å². The fourth-order valence-corrected chi connectivity index (χ4v) is 2.80. The second kappa shape index (κ2) is 5.37. The Morgan fingerprint density at radius 2 is 1.95 bits per heavy atom. The number of aryl methyl sites for hydroxylation is 1. The van der Waals surface area contributed by atoms with Crippen LogP contribution in [0.2, 0.25) is 0 Å². The molecular formula is C16H14BrFN2. The van der Waals surface area contributed by atoms with Gasteiger partial charge in [0.05, 0.1) is 22.1 Å². The van der Waals surface area contributed by atoms with Crippen molar-refractivity contribution in [3.8, 4) is 0 Å². The van der Waals surface area contributed by atoms with Crippen LogP contribution < -0.4 is 0 Å². The van der Waals surface area contributed by atoms with Crippen molar-refractivity contribution in [2.45, 2.75) is 19.9 Å². The van der Waals surface area contributed by atoms with E-state index in [-0.39, 0.29) is 5.82 Å². The van der Waals surface area contributed by atoms with Gasteiger partial charge in [-0.25, -0.2) is 9.37 Å². The van der Waals surface area contributed by atoms with Gasteiger partial charge in [-0.2, -0.15) is 0 Å². The molecule has 4 heteroatoms. The van der Waals surface area contributed by atoms with E-state index in [1.54, 1.807) is 6.07 Å². The zero-order valence-electron chi connectivity index (χ0n) is 11.1. The Bertz CT molecular complexity index is 764. The van der Waals surface area contributed by atoms with Gasteiger partial charge in [-0.1, -0.05) is 31.2 Å². The lowest BCUT2D eigenvalue weighted by Crippen LogP contribution is -2.05. The Labute approximate surface area is 125 Å². The molecule has 0 spiro atoms. The first-order chi connectivity index (χ1) is 9.70. The van der Waals surface area contributed by atoms with Crippen molar-refractivity contribution in [2.24, 2.45) is 0 Å². The summed E-state index contributed by atoms with van der Waals surface area (Å²) in [7, 11) is 0. The third-order valence-electron chi connectivity index (χ3n) is 3.41. The highest BCUT2D eigenvalue weighted by Crippen LogP contribution is 2.24. The van der Waals surface area contributed by atoms with Crippen LogP contribution in [-0.2, 0) is 13.0 Å². The van der Waals surface area contributed by atoms with Gasteiger partial charge in [0, 0.05) is 6.42 Å². The van der Waals surface area contributed by atoms with Gasteiger partial charge in [0.1, 0.15) is 11.6 Å². The summed E-state index contributed by atoms with van der Waals surface area (Å²) in [5, 5.41) is 0. The Kier molecular flexibility index (Phi) is 3.57. The molecule has 0 saturated heterocycles. The summed E-state index contributed by atoms with van der Waals surface area (Å²) in [6, 6.07) is 13.2. The van der Waals surface area contributed by atoms with E-state index in [1.807, 2.05) is 24.3 Å². The summed E-state index contributed by atoms with van der Waals surface area (Å²) in [5.41, 5.74) is 2.99. The van der Waals surface area contributed by atoms with Crippen LogP contribution in [0.1, 0.15) is 18.3 Å². The fraction of sp³-hybridized carbons (Fsp3) is 0.188. The van der Waals surface area contributed by atoms with E-state index in [0.29, 0.717) is 11.0 Å². The van der Waals surface area contributed by atoms with E-state index in [0.717, 1.165) is 28.8 Å². The lowest BCUT2D eigenvalue weighted by Gasteiger charge is -2.10. The zero-order chi connectivity index (χ0) is 14.1. The van der Waals surface area contributed by atoms with E-state index in [4.69, 9.17) is 0 Å². The molecule has 1 aromatic heterocycles. The first kappa shape index (κ1) is 13.3. The normalized spacial score (nSPS) is 11.2. The second-order valence-electron chi connectivity index (χ2n) is 4.67. The molecule has 0 saturated carbocycles. The molecule has 3 rings (SSSR count). The molecule has 2 aromatic carbocycles. The molecule has 3 aromatic rings. The Morgan fingerprint density at radius 1 is 1.15 bits per heavy atom. The van der Waals surface area contributed by atoms with E-state index in [2.05, 4.69) is 38.5 Å². The fourth-order valence-electron chi connectivity index (χ4n) is 2.41. The number of para-hydroxylation sites is 2. The molecule has 2 nitrogen and oxygen atoms in total. The minimum Gasteiger partial charge on any atom is -0.323 e. The number of aromatic nitrogens is 2. The zero-order valence-corrected chi connectivity index (χ0v) is 12.7. The SMILES string of the molecule is CCc1nc2ccccc2n1Cc1cccc(F)c1Br. The Hall–Kier alpha value is -1.68. The van der Waals surface area contributed by atoms with Crippen LogP contribution in [0.15, 0.2) is 46.9 Å². The first-order valence-electron chi connectivity index (χ1n) is 6.57. The van der Waals surface area contributed by atoms with Gasteiger partial charge in [0.25, 0.3) is 0 Å². The number of hydrogen-bond acceptors (Lipinski definition) is 1. The predicted octanol–water partition coefficient (Wildman–Crippen LogP) is 4.55. The highest BCUT2D eigenvalue weighted by Gasteiger charge is 2.12. The molecule has 0 aliphatic rings. The van der Waals surface area contributed by atoms with E-state index in [9.17, 15) is 4.39 Å². The molecule has 0 unspecified atom stereocenters. The number of nitrogens with zero attached hydrogens (tertiary/aromatic N) is 2. The van der Waals surface area contributed by atoms with Crippen LogP contribution in [0.5, 0.6) is 0 Å². The average molecular weight is 333 g/mol. The molecule has 0 bridgehead atoms. The molecule has 0 radical (unpaired) electrons. The molecule has 1 heterocycles. The summed E-state index contributed by atoms with van der Waals surface area (Å²) < 4.78 is 16.3. The summed E-state index contributed by atoms with van der Waals surface area (Å²) in [5.74, 6) is 0.785. The Morgan fingerprint density at radius 3 is 2.75 bits per heavy atom. The highest BCUT2D eigenvalue weighted by atomic mass is 79.9. The minimum atomic E-state index is -0.232. The molecule has 0 N–H and O–H groups in total. The summed E-state index contributed by atoms with van der Waals surface area (Å²) in [4.78, 5) is 4.63. The topological polar surface area (TPSA) is 17.8 Å². The number of imidazole rings is 1. The molecule has 0 aliphatic carbocycles. The largest absolute Gasteiger partial charge is 0.323 e. The van der Waals surface area contributed by atoms with Gasteiger partial charge in [-0.3, -0.25) is 0 Å². The molecule has 0 aliphatic heterocycles. The third kappa shape index (κ3) is 2.24. The molecule has 0 amide bonds. The predicted molar refractivity (Wildman–Crippen MR) is 82.3 cm³/mol. The van der Waals surface area contributed by atoms with Gasteiger partial charge in [0.15, 0.2) is 0 Å². The van der Waals surface area contributed by atoms with Gasteiger partial charge in [0.2, 0.25) is 0 Å². The maximum Gasteiger partial charge on any atom is 0.137 e. The summed E-state index contributed by atoms with van der Waals surface area (Å²) in [6.07, 6.45) is 0.849. The summed E-state index contributed by atoms with van der Waals surface area (Å²) in [6.45, 7) is 2.69. The number of rotatable bonds is 3. The van der Waals surface area contributed by atoms with Crippen molar-refractivity contribution in [1.82, 2.24) is 9.55 Å². The quantitative estimate of drug-likeness (QED) is 0.688. The highest BCUT2D eigenvalue weighted by molar-refractivity contribution is 9.10. The van der Waals surface area contributed by atoms with Crippen molar-refractivity contribution in [2.75, 3.05) is 0 Å². The van der Waals surface area contributed by atoms with E-state index < -0.39 is 0 Å². The molecular weight excluding hydrogens is 319 g/mol. The van der Waals surface area contributed by atoms with Gasteiger partial charge in [-0.05, 0) is 39.7 Å². The average Bonchev–Trinajstić information content (AvgIpc) is 2.82. The van der Waals surface area contributed by atoms with Gasteiger partial charge < -0.3 is 4.57 Å². The van der Waals surface area contributed by atoms with Crippen molar-refractivity contribution in [1.29, 1.82) is 0 Å². The molecule has 0 fully saturated rings. The van der Waals surface area contributed by atoms with Gasteiger partial charge >= 0.3 is 0 Å². The lowest BCUT2D eigenvalue weighted by atomic mass is 10.2. The number of fused-ring (bicyclic) bond motifs is 1. The maximum atomic E-state index is 13.6. The lowest BCUT2D eigenvalue weighted by molar-refractivity contribution is 0.615. The van der Waals surface area contributed by atoms with Crippen molar-refractivity contribution < 1.29 is 4.39 Å². The number of hydrogen-bond donors (Lipinski definition) is 0. The van der Waals surface area contributed by atoms with Crippen LogP contribution in [0.4, 0.5) is 4.39 Å². The second-order valence-corrected chi connectivity index (χ2v) is 5.46. The van der Waals surface area contributed by atoms with Gasteiger partial charge in [-0.15, -0.1) is 0 Å². The van der Waals surface area contributed by atoms with Crippen LogP contribution >= 0.6 is 15.9 Å². The molecule has 102 valence electrons. The van der Waals surface area contributed by atoms with E-state index >= 15 is 0 Å². The number of benzene rings is 2. The van der Waals surface area contributed by atoms with Crippen LogP contribution in [0.25, 0.3) is 11.0 Å². The monoisotopic (exact) mass is 332 g/mol. The van der Waals surface area contributed by atoms with Crippen molar-refractivity contribution >= 4 is 27.0 Å². The third-order valence-corrected chi connectivity index (χ3v) is 4.30.